The molecule has 1 atom stereocenters. The maximum absolute atomic E-state index is 5.21. The highest BCUT2D eigenvalue weighted by Gasteiger charge is 2.17. The van der Waals surface area contributed by atoms with Gasteiger partial charge in [0.2, 0.25) is 0 Å². The van der Waals surface area contributed by atoms with Gasteiger partial charge in [-0.2, -0.15) is 0 Å². The molecule has 0 aromatic heterocycles. The molecule has 0 spiro atoms. The Kier molecular flexibility index (Phi) is 5.67. The lowest BCUT2D eigenvalue weighted by Crippen LogP contribution is -2.37. The van der Waals surface area contributed by atoms with E-state index in [-0.39, 0.29) is 0 Å². The van der Waals surface area contributed by atoms with Crippen LogP contribution >= 0.6 is 0 Å². The van der Waals surface area contributed by atoms with Gasteiger partial charge in [0.15, 0.2) is 0 Å². The van der Waals surface area contributed by atoms with E-state index in [0.717, 1.165) is 12.3 Å². The smallest absolute Gasteiger partial charge is 0.118 e. The summed E-state index contributed by atoms with van der Waals surface area (Å²) in [5.41, 5.74) is 1.37. The van der Waals surface area contributed by atoms with Crippen LogP contribution in [0.25, 0.3) is 0 Å². The zero-order chi connectivity index (χ0) is 13.5. The van der Waals surface area contributed by atoms with Gasteiger partial charge in [-0.15, -0.1) is 0 Å². The molecule has 1 aromatic rings. The van der Waals surface area contributed by atoms with Crippen molar-refractivity contribution >= 4 is 0 Å². The molecular weight excluding hydrogens is 236 g/mol. The summed E-state index contributed by atoms with van der Waals surface area (Å²) in [6.45, 7) is 6.82. The summed E-state index contributed by atoms with van der Waals surface area (Å²) in [5, 5.41) is 3.59. The molecule has 0 radical (unpaired) electrons. The van der Waals surface area contributed by atoms with Gasteiger partial charge < -0.3 is 10.1 Å². The highest BCUT2D eigenvalue weighted by Crippen LogP contribution is 2.14. The fourth-order valence-electron chi connectivity index (χ4n) is 2.76. The minimum Gasteiger partial charge on any atom is -0.497 e. The first-order valence-corrected chi connectivity index (χ1v) is 7.40. The van der Waals surface area contributed by atoms with Crippen LogP contribution in [0, 0.1) is 0 Å². The average molecular weight is 262 g/mol. The first-order chi connectivity index (χ1) is 9.31. The molecule has 106 valence electrons. The van der Waals surface area contributed by atoms with Crippen molar-refractivity contribution in [3.63, 3.8) is 0 Å². The fraction of sp³-hybridized carbons (Fsp3) is 0.625. The molecule has 1 saturated heterocycles. The third kappa shape index (κ3) is 4.51. The van der Waals surface area contributed by atoms with Gasteiger partial charge in [0.05, 0.1) is 7.11 Å². The van der Waals surface area contributed by atoms with Crippen LogP contribution in [0.2, 0.25) is 0 Å². The summed E-state index contributed by atoms with van der Waals surface area (Å²) in [6, 6.07) is 9.12. The van der Waals surface area contributed by atoms with E-state index in [4.69, 9.17) is 4.74 Å². The van der Waals surface area contributed by atoms with Gasteiger partial charge in [-0.05, 0) is 50.0 Å². The molecule has 0 saturated carbocycles. The molecule has 1 fully saturated rings. The third-order valence-corrected chi connectivity index (χ3v) is 3.75. The second-order valence-corrected chi connectivity index (χ2v) is 5.38. The van der Waals surface area contributed by atoms with Gasteiger partial charge in [-0.1, -0.05) is 19.1 Å². The maximum atomic E-state index is 5.21. The van der Waals surface area contributed by atoms with E-state index in [1.807, 2.05) is 12.1 Å². The van der Waals surface area contributed by atoms with Crippen molar-refractivity contribution in [3.05, 3.63) is 29.8 Å². The number of methoxy groups -OCH3 is 1. The normalized spacial score (nSPS) is 19.0. The maximum Gasteiger partial charge on any atom is 0.118 e. The molecule has 1 N–H and O–H groups in total. The zero-order valence-electron chi connectivity index (χ0n) is 12.2. The minimum atomic E-state index is 0.685. The molecule has 1 heterocycles. The lowest BCUT2D eigenvalue weighted by Gasteiger charge is -2.25. The lowest BCUT2D eigenvalue weighted by atomic mass is 10.1. The van der Waals surface area contributed by atoms with E-state index in [0.29, 0.717) is 6.04 Å². The number of benzene rings is 1. The predicted molar refractivity (Wildman–Crippen MR) is 79.6 cm³/mol. The molecule has 1 unspecified atom stereocenters. The Morgan fingerprint density at radius 3 is 2.68 bits per heavy atom. The van der Waals surface area contributed by atoms with Gasteiger partial charge >= 0.3 is 0 Å². The summed E-state index contributed by atoms with van der Waals surface area (Å²) in [7, 11) is 1.71. The summed E-state index contributed by atoms with van der Waals surface area (Å²) < 4.78 is 5.21. The Hall–Kier alpha value is -1.06. The number of hydrogen-bond acceptors (Lipinski definition) is 3. The van der Waals surface area contributed by atoms with E-state index in [1.165, 1.54) is 44.5 Å². The van der Waals surface area contributed by atoms with Crippen LogP contribution in [0.5, 0.6) is 5.75 Å². The summed E-state index contributed by atoms with van der Waals surface area (Å²) in [6.07, 6.45) is 3.86. The lowest BCUT2D eigenvalue weighted by molar-refractivity contribution is 0.241. The third-order valence-electron chi connectivity index (χ3n) is 3.75. The summed E-state index contributed by atoms with van der Waals surface area (Å²) in [5.74, 6) is 0.934. The predicted octanol–water partition coefficient (Wildman–Crippen LogP) is 2.66. The average Bonchev–Trinajstić information content (AvgIpc) is 2.93. The standard InChI is InChI=1S/C16H26N2O/c1-3-11-18(13-15-5-4-10-17-15)12-14-6-8-16(19-2)9-7-14/h6-9,15,17H,3-5,10-13H2,1-2H3. The van der Waals surface area contributed by atoms with Crippen molar-refractivity contribution in [2.75, 3.05) is 26.7 Å². The van der Waals surface area contributed by atoms with E-state index in [2.05, 4.69) is 29.3 Å². The first-order valence-electron chi connectivity index (χ1n) is 7.40. The molecule has 3 heteroatoms. The van der Waals surface area contributed by atoms with Crippen LogP contribution in [0.15, 0.2) is 24.3 Å². The van der Waals surface area contributed by atoms with Crippen molar-refractivity contribution in [1.29, 1.82) is 0 Å². The Bertz CT molecular complexity index is 358. The van der Waals surface area contributed by atoms with Crippen LogP contribution < -0.4 is 10.1 Å². The number of nitrogens with zero attached hydrogens (tertiary/aromatic N) is 1. The Labute approximate surface area is 116 Å². The van der Waals surface area contributed by atoms with Gasteiger partial charge in [0.1, 0.15) is 5.75 Å². The van der Waals surface area contributed by atoms with Gasteiger partial charge in [0.25, 0.3) is 0 Å². The number of nitrogens with one attached hydrogen (secondary N) is 1. The largest absolute Gasteiger partial charge is 0.497 e. The monoisotopic (exact) mass is 262 g/mol. The molecule has 0 bridgehead atoms. The molecule has 2 rings (SSSR count). The van der Waals surface area contributed by atoms with Crippen molar-refractivity contribution in [3.8, 4) is 5.75 Å². The topological polar surface area (TPSA) is 24.5 Å². The fourth-order valence-corrected chi connectivity index (χ4v) is 2.76. The molecule has 1 aromatic carbocycles. The molecule has 1 aliphatic heterocycles. The van der Waals surface area contributed by atoms with E-state index >= 15 is 0 Å². The number of rotatable bonds is 7. The van der Waals surface area contributed by atoms with Gasteiger partial charge in [-0.25, -0.2) is 0 Å². The van der Waals surface area contributed by atoms with Crippen LogP contribution in [-0.2, 0) is 6.54 Å². The van der Waals surface area contributed by atoms with E-state index < -0.39 is 0 Å². The number of hydrogen-bond donors (Lipinski definition) is 1. The second-order valence-electron chi connectivity index (χ2n) is 5.38. The highest BCUT2D eigenvalue weighted by atomic mass is 16.5. The van der Waals surface area contributed by atoms with Crippen molar-refractivity contribution in [2.24, 2.45) is 0 Å². The van der Waals surface area contributed by atoms with Crippen LogP contribution in [0.1, 0.15) is 31.7 Å². The highest BCUT2D eigenvalue weighted by molar-refractivity contribution is 5.27. The van der Waals surface area contributed by atoms with Crippen LogP contribution in [0.4, 0.5) is 0 Å². The Balaban J connectivity index is 1.90. The molecule has 1 aliphatic rings. The Morgan fingerprint density at radius 1 is 1.32 bits per heavy atom. The number of ether oxygens (including phenoxy) is 1. The summed E-state index contributed by atoms with van der Waals surface area (Å²) in [4.78, 5) is 2.56. The van der Waals surface area contributed by atoms with E-state index in [1.54, 1.807) is 7.11 Å². The summed E-state index contributed by atoms with van der Waals surface area (Å²) >= 11 is 0. The zero-order valence-corrected chi connectivity index (χ0v) is 12.2. The molecule has 0 amide bonds. The molecule has 19 heavy (non-hydrogen) atoms. The van der Waals surface area contributed by atoms with Crippen molar-refractivity contribution < 1.29 is 4.74 Å². The van der Waals surface area contributed by atoms with Crippen molar-refractivity contribution in [1.82, 2.24) is 10.2 Å². The van der Waals surface area contributed by atoms with Crippen molar-refractivity contribution in [2.45, 2.75) is 38.8 Å². The second kappa shape index (κ2) is 7.51. The minimum absolute atomic E-state index is 0.685. The Morgan fingerprint density at radius 2 is 2.11 bits per heavy atom. The van der Waals surface area contributed by atoms with Crippen LogP contribution in [0.3, 0.4) is 0 Å². The first kappa shape index (κ1) is 14.4. The van der Waals surface area contributed by atoms with Gasteiger partial charge in [0, 0.05) is 19.1 Å². The molecule has 0 aliphatic carbocycles. The van der Waals surface area contributed by atoms with Crippen LogP contribution in [-0.4, -0.2) is 37.7 Å². The van der Waals surface area contributed by atoms with E-state index in [9.17, 15) is 0 Å². The molecular formula is C16H26N2O. The molecule has 3 nitrogen and oxygen atoms in total. The van der Waals surface area contributed by atoms with Gasteiger partial charge in [-0.3, -0.25) is 4.90 Å². The SMILES string of the molecule is CCCN(Cc1ccc(OC)cc1)CC1CCCN1. The quantitative estimate of drug-likeness (QED) is 0.817.